The van der Waals surface area contributed by atoms with Crippen LogP contribution < -0.4 is 5.32 Å². The molecule has 3 nitrogen and oxygen atoms in total. The first-order chi connectivity index (χ1) is 7.86. The van der Waals surface area contributed by atoms with Crippen LogP contribution in [0, 0.1) is 5.82 Å². The summed E-state index contributed by atoms with van der Waals surface area (Å²) in [7, 11) is 1.42. The maximum atomic E-state index is 13.7. The molecule has 0 saturated heterocycles. The summed E-state index contributed by atoms with van der Waals surface area (Å²) in [4.78, 5) is 11.4. The minimum Gasteiger partial charge on any atom is -0.375 e. The monoisotopic (exact) mass is 239 g/mol. The first-order valence-electron chi connectivity index (χ1n) is 5.44. The average Bonchev–Trinajstić information content (AvgIpc) is 2.19. The van der Waals surface area contributed by atoms with E-state index in [9.17, 15) is 9.18 Å². The Morgan fingerprint density at radius 3 is 2.59 bits per heavy atom. The van der Waals surface area contributed by atoms with E-state index in [2.05, 4.69) is 5.32 Å². The van der Waals surface area contributed by atoms with E-state index in [1.807, 2.05) is 26.8 Å². The molecular weight excluding hydrogens is 221 g/mol. The summed E-state index contributed by atoms with van der Waals surface area (Å²) in [6.45, 7) is 5.81. The molecule has 17 heavy (non-hydrogen) atoms. The van der Waals surface area contributed by atoms with E-state index in [0.717, 1.165) is 5.56 Å². The van der Waals surface area contributed by atoms with Gasteiger partial charge in [0.2, 0.25) is 5.91 Å². The third-order valence-electron chi connectivity index (χ3n) is 2.36. The van der Waals surface area contributed by atoms with Crippen LogP contribution in [0.5, 0.6) is 0 Å². The van der Waals surface area contributed by atoms with Gasteiger partial charge >= 0.3 is 0 Å². The van der Waals surface area contributed by atoms with E-state index in [1.165, 1.54) is 13.2 Å². The molecule has 0 heterocycles. The van der Waals surface area contributed by atoms with Gasteiger partial charge in [-0.05, 0) is 17.0 Å². The number of para-hydroxylation sites is 1. The quantitative estimate of drug-likeness (QED) is 0.880. The van der Waals surface area contributed by atoms with Crippen LogP contribution in [0.3, 0.4) is 0 Å². The Labute approximate surface area is 101 Å². The van der Waals surface area contributed by atoms with Gasteiger partial charge in [-0.25, -0.2) is 4.39 Å². The Kier molecular flexibility index (Phi) is 4.23. The van der Waals surface area contributed by atoms with E-state index < -0.39 is 5.82 Å². The summed E-state index contributed by atoms with van der Waals surface area (Å²) in [6, 6.07) is 4.78. The van der Waals surface area contributed by atoms with Crippen molar-refractivity contribution in [3.8, 4) is 0 Å². The molecular formula is C13H18FNO2. The number of nitrogens with one attached hydrogen (secondary N) is 1. The van der Waals surface area contributed by atoms with Crippen LogP contribution in [0.1, 0.15) is 26.3 Å². The van der Waals surface area contributed by atoms with Crippen molar-refractivity contribution in [3.63, 3.8) is 0 Å². The van der Waals surface area contributed by atoms with Gasteiger partial charge in [0.25, 0.3) is 0 Å². The largest absolute Gasteiger partial charge is 0.375 e. The fourth-order valence-electron chi connectivity index (χ4n) is 1.58. The number of benzene rings is 1. The molecule has 1 aromatic rings. The second-order valence-corrected chi connectivity index (χ2v) is 4.89. The molecule has 1 aromatic carbocycles. The van der Waals surface area contributed by atoms with E-state index in [4.69, 9.17) is 4.74 Å². The minimum atomic E-state index is -0.429. The fraction of sp³-hybridized carbons (Fsp3) is 0.462. The highest BCUT2D eigenvalue weighted by Crippen LogP contribution is 2.31. The Hall–Kier alpha value is -1.42. The van der Waals surface area contributed by atoms with E-state index in [0.29, 0.717) is 0 Å². The van der Waals surface area contributed by atoms with Crippen molar-refractivity contribution in [1.29, 1.82) is 0 Å². The number of methoxy groups -OCH3 is 1. The lowest BCUT2D eigenvalue weighted by Crippen LogP contribution is -2.22. The lowest BCUT2D eigenvalue weighted by atomic mass is 9.85. The number of hydrogen-bond acceptors (Lipinski definition) is 2. The number of anilines is 1. The summed E-state index contributed by atoms with van der Waals surface area (Å²) in [5.74, 6) is -0.787. The first-order valence-corrected chi connectivity index (χ1v) is 5.44. The zero-order valence-corrected chi connectivity index (χ0v) is 10.6. The molecule has 1 rings (SSSR count). The van der Waals surface area contributed by atoms with Gasteiger partial charge in [-0.3, -0.25) is 4.79 Å². The molecule has 1 amide bonds. The Morgan fingerprint density at radius 1 is 1.41 bits per heavy atom. The van der Waals surface area contributed by atoms with Crippen LogP contribution in [-0.2, 0) is 14.9 Å². The number of carbonyl (C=O) groups is 1. The van der Waals surface area contributed by atoms with Gasteiger partial charge < -0.3 is 10.1 Å². The highest BCUT2D eigenvalue weighted by atomic mass is 19.1. The lowest BCUT2D eigenvalue weighted by Gasteiger charge is -2.23. The number of amides is 1. The van der Waals surface area contributed by atoms with Crippen molar-refractivity contribution >= 4 is 11.6 Å². The topological polar surface area (TPSA) is 38.3 Å². The molecule has 0 spiro atoms. The van der Waals surface area contributed by atoms with Crippen LogP contribution in [0.25, 0.3) is 0 Å². The van der Waals surface area contributed by atoms with E-state index in [1.54, 1.807) is 6.07 Å². The molecule has 4 heteroatoms. The predicted molar refractivity (Wildman–Crippen MR) is 65.6 cm³/mol. The smallest absolute Gasteiger partial charge is 0.250 e. The van der Waals surface area contributed by atoms with Crippen LogP contribution in [0.2, 0.25) is 0 Å². The molecule has 0 fully saturated rings. The maximum Gasteiger partial charge on any atom is 0.250 e. The normalized spacial score (nSPS) is 11.4. The number of halogens is 1. The molecule has 0 aromatic heterocycles. The molecule has 0 saturated carbocycles. The summed E-state index contributed by atoms with van der Waals surface area (Å²) in [5, 5.41) is 2.55. The van der Waals surface area contributed by atoms with Gasteiger partial charge in [-0.15, -0.1) is 0 Å². The Morgan fingerprint density at radius 2 is 2.06 bits per heavy atom. The van der Waals surface area contributed by atoms with Crippen LogP contribution in [-0.4, -0.2) is 19.6 Å². The average molecular weight is 239 g/mol. The molecule has 0 aliphatic rings. The van der Waals surface area contributed by atoms with Crippen molar-refractivity contribution in [3.05, 3.63) is 29.6 Å². The van der Waals surface area contributed by atoms with Crippen molar-refractivity contribution < 1.29 is 13.9 Å². The van der Waals surface area contributed by atoms with Gasteiger partial charge in [0.15, 0.2) is 0 Å². The standard InChI is InChI=1S/C13H18FNO2/c1-13(2,3)9-6-5-7-10(14)12(9)15-11(16)8-17-4/h5-7H,8H2,1-4H3,(H,15,16). The van der Waals surface area contributed by atoms with Crippen LogP contribution >= 0.6 is 0 Å². The predicted octanol–water partition coefficient (Wildman–Crippen LogP) is 2.71. The third-order valence-corrected chi connectivity index (χ3v) is 2.36. The summed E-state index contributed by atoms with van der Waals surface area (Å²) >= 11 is 0. The van der Waals surface area contributed by atoms with Gasteiger partial charge in [0.05, 0.1) is 5.69 Å². The molecule has 0 radical (unpaired) electrons. The first kappa shape index (κ1) is 13.6. The number of carbonyl (C=O) groups excluding carboxylic acids is 1. The van der Waals surface area contributed by atoms with E-state index >= 15 is 0 Å². The number of hydrogen-bond donors (Lipinski definition) is 1. The van der Waals surface area contributed by atoms with Crippen LogP contribution in [0.15, 0.2) is 18.2 Å². The van der Waals surface area contributed by atoms with Crippen molar-refractivity contribution in [2.45, 2.75) is 26.2 Å². The second-order valence-electron chi connectivity index (χ2n) is 4.89. The number of ether oxygens (including phenoxy) is 1. The lowest BCUT2D eigenvalue weighted by molar-refractivity contribution is -0.119. The molecule has 0 aliphatic heterocycles. The molecule has 0 unspecified atom stereocenters. The second kappa shape index (κ2) is 5.27. The van der Waals surface area contributed by atoms with Gasteiger partial charge in [-0.1, -0.05) is 32.9 Å². The summed E-state index contributed by atoms with van der Waals surface area (Å²) in [6.07, 6.45) is 0. The number of rotatable bonds is 3. The van der Waals surface area contributed by atoms with Crippen molar-refractivity contribution in [2.75, 3.05) is 19.0 Å². The molecule has 1 N–H and O–H groups in total. The molecule has 0 bridgehead atoms. The highest BCUT2D eigenvalue weighted by molar-refractivity contribution is 5.92. The Balaban J connectivity index is 3.09. The van der Waals surface area contributed by atoms with Crippen LogP contribution in [0.4, 0.5) is 10.1 Å². The third kappa shape index (κ3) is 3.53. The van der Waals surface area contributed by atoms with Crippen molar-refractivity contribution in [2.24, 2.45) is 0 Å². The highest BCUT2D eigenvalue weighted by Gasteiger charge is 2.21. The zero-order valence-electron chi connectivity index (χ0n) is 10.6. The molecule has 0 atom stereocenters. The maximum absolute atomic E-state index is 13.7. The minimum absolute atomic E-state index is 0.0854. The summed E-state index contributed by atoms with van der Waals surface area (Å²) < 4.78 is 18.4. The summed E-state index contributed by atoms with van der Waals surface area (Å²) in [5.41, 5.74) is 0.765. The van der Waals surface area contributed by atoms with Gasteiger partial charge in [0.1, 0.15) is 12.4 Å². The molecule has 94 valence electrons. The Bertz CT molecular complexity index is 410. The van der Waals surface area contributed by atoms with Gasteiger partial charge in [0, 0.05) is 7.11 Å². The van der Waals surface area contributed by atoms with E-state index in [-0.39, 0.29) is 23.6 Å². The van der Waals surface area contributed by atoms with Gasteiger partial charge in [-0.2, -0.15) is 0 Å². The van der Waals surface area contributed by atoms with Crippen molar-refractivity contribution in [1.82, 2.24) is 0 Å². The SMILES string of the molecule is COCC(=O)Nc1c(F)cccc1C(C)(C)C. The molecule has 0 aliphatic carbocycles. The zero-order chi connectivity index (χ0) is 13.1. The fourth-order valence-corrected chi connectivity index (χ4v) is 1.58.